The van der Waals surface area contributed by atoms with Crippen LogP contribution in [0.5, 0.6) is 0 Å². The standard InChI is InChI=1S/C19H25N5O3S/c1-3-16-18(28-22-21-16)19(26)23(4-2)13-17(25)20-14-5-7-15(8-6-14)24-9-11-27-12-10-24/h5-8H,3-4,9-13H2,1-2H3,(H,20,25). The molecule has 0 radical (unpaired) electrons. The zero-order chi connectivity index (χ0) is 19.9. The highest BCUT2D eigenvalue weighted by Gasteiger charge is 2.22. The Hall–Kier alpha value is -2.52. The van der Waals surface area contributed by atoms with Crippen molar-refractivity contribution in [2.24, 2.45) is 0 Å². The van der Waals surface area contributed by atoms with Crippen molar-refractivity contribution >= 4 is 34.7 Å². The summed E-state index contributed by atoms with van der Waals surface area (Å²) in [5.41, 5.74) is 2.49. The minimum atomic E-state index is -0.232. The topological polar surface area (TPSA) is 87.7 Å². The maximum atomic E-state index is 12.7. The van der Waals surface area contributed by atoms with E-state index < -0.39 is 0 Å². The molecule has 0 bridgehead atoms. The number of carbonyl (C=O) groups excluding carboxylic acids is 2. The third-order valence-electron chi connectivity index (χ3n) is 4.62. The van der Waals surface area contributed by atoms with Crippen LogP contribution in [0.3, 0.4) is 0 Å². The molecule has 150 valence electrons. The maximum absolute atomic E-state index is 12.7. The maximum Gasteiger partial charge on any atom is 0.267 e. The van der Waals surface area contributed by atoms with E-state index in [4.69, 9.17) is 4.74 Å². The Kier molecular flexibility index (Phi) is 6.94. The van der Waals surface area contributed by atoms with Gasteiger partial charge in [0.05, 0.1) is 18.9 Å². The van der Waals surface area contributed by atoms with Gasteiger partial charge < -0.3 is 19.9 Å². The Morgan fingerprint density at radius 3 is 2.57 bits per heavy atom. The molecule has 0 atom stereocenters. The summed E-state index contributed by atoms with van der Waals surface area (Å²) in [5.74, 6) is -0.433. The first-order valence-electron chi connectivity index (χ1n) is 9.45. The van der Waals surface area contributed by atoms with Crippen molar-refractivity contribution in [3.63, 3.8) is 0 Å². The van der Waals surface area contributed by atoms with Gasteiger partial charge >= 0.3 is 0 Å². The Labute approximate surface area is 168 Å². The Morgan fingerprint density at radius 1 is 1.21 bits per heavy atom. The Morgan fingerprint density at radius 2 is 1.93 bits per heavy atom. The fourth-order valence-corrected chi connectivity index (χ4v) is 3.74. The Bertz CT molecular complexity index is 802. The molecule has 3 rings (SSSR count). The number of likely N-dealkylation sites (N-methyl/N-ethyl adjacent to an activating group) is 1. The zero-order valence-corrected chi connectivity index (χ0v) is 17.0. The number of aromatic nitrogens is 2. The molecule has 28 heavy (non-hydrogen) atoms. The highest BCUT2D eigenvalue weighted by atomic mass is 32.1. The van der Waals surface area contributed by atoms with Crippen molar-refractivity contribution < 1.29 is 14.3 Å². The van der Waals surface area contributed by atoms with Crippen molar-refractivity contribution in [1.29, 1.82) is 0 Å². The SMILES string of the molecule is CCc1nnsc1C(=O)N(CC)CC(=O)Nc1ccc(N2CCOCC2)cc1. The van der Waals surface area contributed by atoms with Gasteiger partial charge in [0, 0.05) is 31.0 Å². The van der Waals surface area contributed by atoms with Crippen molar-refractivity contribution in [3.05, 3.63) is 34.8 Å². The average Bonchev–Trinajstić information content (AvgIpc) is 3.21. The van der Waals surface area contributed by atoms with E-state index >= 15 is 0 Å². The number of benzene rings is 1. The summed E-state index contributed by atoms with van der Waals surface area (Å²) in [6.45, 7) is 7.39. The lowest BCUT2D eigenvalue weighted by atomic mass is 10.2. The lowest BCUT2D eigenvalue weighted by Crippen LogP contribution is -2.38. The molecule has 0 spiro atoms. The molecule has 0 saturated carbocycles. The molecule has 1 fully saturated rings. The quantitative estimate of drug-likeness (QED) is 0.761. The molecular weight excluding hydrogens is 378 g/mol. The number of nitrogens with one attached hydrogen (secondary N) is 1. The van der Waals surface area contributed by atoms with E-state index in [1.54, 1.807) is 0 Å². The van der Waals surface area contributed by atoms with Crippen molar-refractivity contribution in [1.82, 2.24) is 14.5 Å². The summed E-state index contributed by atoms with van der Waals surface area (Å²) in [6.07, 6.45) is 0.636. The largest absolute Gasteiger partial charge is 0.378 e. The second-order valence-corrected chi connectivity index (χ2v) is 7.17. The van der Waals surface area contributed by atoms with Crippen molar-refractivity contribution in [2.75, 3.05) is 49.6 Å². The summed E-state index contributed by atoms with van der Waals surface area (Å²) in [6, 6.07) is 7.73. The van der Waals surface area contributed by atoms with Crippen LogP contribution in [0, 0.1) is 0 Å². The van der Waals surface area contributed by atoms with Gasteiger partial charge in [-0.2, -0.15) is 0 Å². The molecule has 1 saturated heterocycles. The van der Waals surface area contributed by atoms with E-state index in [2.05, 4.69) is 19.8 Å². The molecule has 1 aromatic heterocycles. The highest BCUT2D eigenvalue weighted by Crippen LogP contribution is 2.19. The summed E-state index contributed by atoms with van der Waals surface area (Å²) < 4.78 is 9.22. The number of rotatable bonds is 7. The van der Waals surface area contributed by atoms with E-state index in [9.17, 15) is 9.59 Å². The molecule has 2 heterocycles. The summed E-state index contributed by atoms with van der Waals surface area (Å²) in [7, 11) is 0. The van der Waals surface area contributed by atoms with Crippen LogP contribution >= 0.6 is 11.5 Å². The minimum Gasteiger partial charge on any atom is -0.378 e. The van der Waals surface area contributed by atoms with Gasteiger partial charge in [-0.1, -0.05) is 11.4 Å². The summed E-state index contributed by atoms with van der Waals surface area (Å²) >= 11 is 1.07. The van der Waals surface area contributed by atoms with Crippen LogP contribution in [0.1, 0.15) is 29.2 Å². The van der Waals surface area contributed by atoms with Crippen LogP contribution in [-0.2, 0) is 16.0 Å². The van der Waals surface area contributed by atoms with Crippen LogP contribution in [-0.4, -0.2) is 65.7 Å². The van der Waals surface area contributed by atoms with E-state index in [1.165, 1.54) is 4.90 Å². The van der Waals surface area contributed by atoms with Gasteiger partial charge in [-0.05, 0) is 49.1 Å². The van der Waals surface area contributed by atoms with Gasteiger partial charge in [0.1, 0.15) is 11.4 Å². The molecule has 1 aliphatic heterocycles. The average molecular weight is 404 g/mol. The molecule has 8 nitrogen and oxygen atoms in total. The first-order chi connectivity index (χ1) is 13.6. The van der Waals surface area contributed by atoms with Crippen LogP contribution in [0.25, 0.3) is 0 Å². The van der Waals surface area contributed by atoms with Crippen molar-refractivity contribution in [2.45, 2.75) is 20.3 Å². The van der Waals surface area contributed by atoms with Gasteiger partial charge in [-0.15, -0.1) is 5.10 Å². The van der Waals surface area contributed by atoms with E-state index in [1.807, 2.05) is 38.1 Å². The fourth-order valence-electron chi connectivity index (χ4n) is 3.02. The predicted molar refractivity (Wildman–Crippen MR) is 109 cm³/mol. The molecule has 1 aromatic carbocycles. The smallest absolute Gasteiger partial charge is 0.267 e. The molecule has 9 heteroatoms. The molecule has 1 aliphatic rings. The van der Waals surface area contributed by atoms with Crippen LogP contribution in [0.15, 0.2) is 24.3 Å². The molecule has 2 aromatic rings. The number of amides is 2. The number of ether oxygens (including phenoxy) is 1. The number of carbonyl (C=O) groups is 2. The lowest BCUT2D eigenvalue weighted by Gasteiger charge is -2.29. The first-order valence-corrected chi connectivity index (χ1v) is 10.2. The lowest BCUT2D eigenvalue weighted by molar-refractivity contribution is -0.116. The van der Waals surface area contributed by atoms with Crippen LogP contribution in [0.4, 0.5) is 11.4 Å². The highest BCUT2D eigenvalue weighted by molar-refractivity contribution is 7.08. The van der Waals surface area contributed by atoms with Gasteiger partial charge in [-0.3, -0.25) is 9.59 Å². The Balaban J connectivity index is 1.58. The van der Waals surface area contributed by atoms with Crippen LogP contribution < -0.4 is 10.2 Å². The number of anilines is 2. The molecule has 2 amide bonds. The number of hydrogen-bond donors (Lipinski definition) is 1. The van der Waals surface area contributed by atoms with E-state index in [-0.39, 0.29) is 18.4 Å². The third kappa shape index (κ3) is 4.85. The number of hydrogen-bond acceptors (Lipinski definition) is 7. The van der Waals surface area contributed by atoms with E-state index in [0.717, 1.165) is 43.5 Å². The zero-order valence-electron chi connectivity index (χ0n) is 16.2. The summed E-state index contributed by atoms with van der Waals surface area (Å²) in [5, 5.41) is 6.84. The molecule has 0 unspecified atom stereocenters. The van der Waals surface area contributed by atoms with E-state index in [0.29, 0.717) is 29.2 Å². The van der Waals surface area contributed by atoms with Gasteiger partial charge in [-0.25, -0.2) is 0 Å². The number of nitrogens with zero attached hydrogens (tertiary/aromatic N) is 4. The third-order valence-corrected chi connectivity index (χ3v) is 5.37. The van der Waals surface area contributed by atoms with Gasteiger partial charge in [0.15, 0.2) is 0 Å². The molecular formula is C19H25N5O3S. The first kappa shape index (κ1) is 20.2. The predicted octanol–water partition coefficient (Wildman–Crippen LogP) is 2.04. The summed E-state index contributed by atoms with van der Waals surface area (Å²) in [4.78, 5) is 29.4. The monoisotopic (exact) mass is 403 g/mol. The fraction of sp³-hybridized carbons (Fsp3) is 0.474. The van der Waals surface area contributed by atoms with Crippen molar-refractivity contribution in [3.8, 4) is 0 Å². The van der Waals surface area contributed by atoms with Gasteiger partial charge in [0.25, 0.3) is 5.91 Å². The normalized spacial score (nSPS) is 14.0. The number of aryl methyl sites for hydroxylation is 1. The second kappa shape index (κ2) is 9.61. The minimum absolute atomic E-state index is 0.0123. The molecule has 0 aliphatic carbocycles. The second-order valence-electron chi connectivity index (χ2n) is 6.42. The molecule has 1 N–H and O–H groups in total. The number of morpholine rings is 1. The van der Waals surface area contributed by atoms with Gasteiger partial charge in [0.2, 0.25) is 5.91 Å². The van der Waals surface area contributed by atoms with Crippen LogP contribution in [0.2, 0.25) is 0 Å².